The Morgan fingerprint density at radius 1 is 1.14 bits per heavy atom. The minimum atomic E-state index is -0.123. The van der Waals surface area contributed by atoms with Crippen LogP contribution in [-0.4, -0.2) is 42.1 Å². The Balaban J connectivity index is 1.39. The summed E-state index contributed by atoms with van der Waals surface area (Å²) in [5, 5.41) is 11.1. The number of methoxy groups -OCH3 is 1. The van der Waals surface area contributed by atoms with E-state index in [1.54, 1.807) is 7.11 Å². The smallest absolute Gasteiger partial charge is 0.277 e. The second kappa shape index (κ2) is 9.80. The predicted octanol–water partition coefficient (Wildman–Crippen LogP) is 3.34. The lowest BCUT2D eigenvalue weighted by Crippen LogP contribution is -2.29. The molecule has 1 amide bonds. The molecule has 0 saturated carbocycles. The number of thioether (sulfide) groups is 1. The average molecular weight is 399 g/mol. The van der Waals surface area contributed by atoms with Gasteiger partial charge in [0.2, 0.25) is 11.8 Å². The topological polar surface area (TPSA) is 86.5 Å². The highest BCUT2D eigenvalue weighted by Crippen LogP contribution is 2.24. The molecule has 1 aromatic heterocycles. The molecule has 0 radical (unpaired) electrons. The Morgan fingerprint density at radius 3 is 2.71 bits per heavy atom. The zero-order chi connectivity index (χ0) is 19.8. The van der Waals surface area contributed by atoms with Gasteiger partial charge in [0.1, 0.15) is 18.1 Å². The third-order valence-corrected chi connectivity index (χ3v) is 4.57. The molecule has 0 saturated heterocycles. The van der Waals surface area contributed by atoms with Gasteiger partial charge in [-0.25, -0.2) is 0 Å². The van der Waals surface area contributed by atoms with Crippen molar-refractivity contribution in [3.8, 4) is 23.0 Å². The van der Waals surface area contributed by atoms with Gasteiger partial charge in [-0.15, -0.1) is 10.2 Å². The fourth-order valence-electron chi connectivity index (χ4n) is 2.36. The second-order valence-corrected chi connectivity index (χ2v) is 6.83. The Labute approximate surface area is 167 Å². The number of carbonyl (C=O) groups is 1. The van der Waals surface area contributed by atoms with Crippen molar-refractivity contribution >= 4 is 17.7 Å². The monoisotopic (exact) mass is 399 g/mol. The van der Waals surface area contributed by atoms with Crippen LogP contribution in [0.1, 0.15) is 5.56 Å². The number of aromatic nitrogens is 2. The van der Waals surface area contributed by atoms with Crippen LogP contribution >= 0.6 is 11.8 Å². The summed E-state index contributed by atoms with van der Waals surface area (Å²) >= 11 is 1.19. The van der Waals surface area contributed by atoms with Gasteiger partial charge in [0, 0.05) is 5.56 Å². The van der Waals surface area contributed by atoms with E-state index in [1.165, 1.54) is 11.8 Å². The van der Waals surface area contributed by atoms with Crippen molar-refractivity contribution in [1.82, 2.24) is 15.5 Å². The molecule has 0 atom stereocenters. The largest absolute Gasteiger partial charge is 0.497 e. The fourth-order valence-corrected chi connectivity index (χ4v) is 2.95. The molecule has 0 aliphatic carbocycles. The standard InChI is InChI=1S/C20H21N3O4S/c1-14-4-3-5-17(12-14)26-11-10-21-18(24)13-28-20-23-22-19(27-20)15-6-8-16(25-2)9-7-15/h3-9,12H,10-11,13H2,1-2H3,(H,21,24). The lowest BCUT2D eigenvalue weighted by molar-refractivity contribution is -0.118. The van der Waals surface area contributed by atoms with Gasteiger partial charge in [0.15, 0.2) is 0 Å². The Bertz CT molecular complexity index is 912. The van der Waals surface area contributed by atoms with Crippen LogP contribution in [-0.2, 0) is 4.79 Å². The van der Waals surface area contributed by atoms with E-state index in [9.17, 15) is 4.79 Å². The molecule has 1 N–H and O–H groups in total. The highest BCUT2D eigenvalue weighted by atomic mass is 32.2. The molecular formula is C20H21N3O4S. The van der Waals surface area contributed by atoms with E-state index in [0.29, 0.717) is 24.3 Å². The molecule has 3 aromatic rings. The third kappa shape index (κ3) is 5.75. The summed E-state index contributed by atoms with van der Waals surface area (Å²) in [6.07, 6.45) is 0. The summed E-state index contributed by atoms with van der Waals surface area (Å²) in [5.74, 6) is 2.01. The van der Waals surface area contributed by atoms with Crippen LogP contribution < -0.4 is 14.8 Å². The van der Waals surface area contributed by atoms with Gasteiger partial charge in [-0.1, -0.05) is 23.9 Å². The van der Waals surface area contributed by atoms with Crippen molar-refractivity contribution in [3.05, 3.63) is 54.1 Å². The number of aryl methyl sites for hydroxylation is 1. The van der Waals surface area contributed by atoms with Crippen LogP contribution in [0.15, 0.2) is 58.2 Å². The maximum atomic E-state index is 11.9. The molecule has 0 aliphatic rings. The van der Waals surface area contributed by atoms with Crippen LogP contribution in [0.5, 0.6) is 11.5 Å². The molecule has 7 nitrogen and oxygen atoms in total. The molecule has 8 heteroatoms. The number of hydrogen-bond donors (Lipinski definition) is 1. The van der Waals surface area contributed by atoms with Gasteiger partial charge < -0.3 is 19.2 Å². The van der Waals surface area contributed by atoms with Crippen molar-refractivity contribution in [1.29, 1.82) is 0 Å². The van der Waals surface area contributed by atoms with E-state index in [1.807, 2.05) is 55.5 Å². The van der Waals surface area contributed by atoms with E-state index in [-0.39, 0.29) is 11.7 Å². The normalized spacial score (nSPS) is 10.5. The molecule has 0 unspecified atom stereocenters. The highest BCUT2D eigenvalue weighted by molar-refractivity contribution is 7.99. The molecule has 28 heavy (non-hydrogen) atoms. The average Bonchev–Trinajstić information content (AvgIpc) is 3.19. The van der Waals surface area contributed by atoms with Gasteiger partial charge in [-0.3, -0.25) is 4.79 Å². The van der Waals surface area contributed by atoms with Gasteiger partial charge in [0.25, 0.3) is 5.22 Å². The van der Waals surface area contributed by atoms with Crippen molar-refractivity contribution in [3.63, 3.8) is 0 Å². The maximum Gasteiger partial charge on any atom is 0.277 e. The highest BCUT2D eigenvalue weighted by Gasteiger charge is 2.11. The van der Waals surface area contributed by atoms with Crippen LogP contribution in [0, 0.1) is 6.92 Å². The number of hydrogen-bond acceptors (Lipinski definition) is 7. The summed E-state index contributed by atoms with van der Waals surface area (Å²) in [5.41, 5.74) is 1.92. The quantitative estimate of drug-likeness (QED) is 0.436. The van der Waals surface area contributed by atoms with Crippen LogP contribution in [0.3, 0.4) is 0 Å². The number of amides is 1. The zero-order valence-corrected chi connectivity index (χ0v) is 16.5. The molecule has 0 fully saturated rings. The summed E-state index contributed by atoms with van der Waals surface area (Å²) in [7, 11) is 1.61. The van der Waals surface area contributed by atoms with Gasteiger partial charge in [0.05, 0.1) is 19.4 Å². The molecule has 3 rings (SSSR count). The second-order valence-electron chi connectivity index (χ2n) is 5.91. The van der Waals surface area contributed by atoms with E-state index in [4.69, 9.17) is 13.9 Å². The maximum absolute atomic E-state index is 11.9. The lowest BCUT2D eigenvalue weighted by Gasteiger charge is -2.07. The number of ether oxygens (including phenoxy) is 2. The van der Waals surface area contributed by atoms with E-state index in [0.717, 1.165) is 22.6 Å². The molecule has 146 valence electrons. The number of nitrogens with one attached hydrogen (secondary N) is 1. The Kier molecular flexibility index (Phi) is 6.91. The summed E-state index contributed by atoms with van der Waals surface area (Å²) < 4.78 is 16.3. The minimum absolute atomic E-state index is 0.123. The van der Waals surface area contributed by atoms with Crippen LogP contribution in [0.4, 0.5) is 0 Å². The lowest BCUT2D eigenvalue weighted by atomic mass is 10.2. The predicted molar refractivity (Wildman–Crippen MR) is 107 cm³/mol. The first kappa shape index (κ1) is 19.8. The minimum Gasteiger partial charge on any atom is -0.497 e. The first-order chi connectivity index (χ1) is 13.6. The van der Waals surface area contributed by atoms with E-state index < -0.39 is 0 Å². The summed E-state index contributed by atoms with van der Waals surface area (Å²) in [4.78, 5) is 11.9. The van der Waals surface area contributed by atoms with E-state index >= 15 is 0 Å². The van der Waals surface area contributed by atoms with Crippen LogP contribution in [0.2, 0.25) is 0 Å². The zero-order valence-electron chi connectivity index (χ0n) is 15.7. The van der Waals surface area contributed by atoms with Crippen LogP contribution in [0.25, 0.3) is 11.5 Å². The van der Waals surface area contributed by atoms with Crippen molar-refractivity contribution in [2.45, 2.75) is 12.1 Å². The number of carbonyl (C=O) groups excluding carboxylic acids is 1. The van der Waals surface area contributed by atoms with E-state index in [2.05, 4.69) is 15.5 Å². The van der Waals surface area contributed by atoms with Gasteiger partial charge >= 0.3 is 0 Å². The van der Waals surface area contributed by atoms with Crippen molar-refractivity contribution < 1.29 is 18.7 Å². The Hall–Kier alpha value is -3.00. The molecule has 2 aromatic carbocycles. The van der Waals surface area contributed by atoms with Gasteiger partial charge in [-0.05, 0) is 48.9 Å². The third-order valence-electron chi connectivity index (χ3n) is 3.75. The first-order valence-corrected chi connectivity index (χ1v) is 9.69. The SMILES string of the molecule is COc1ccc(-c2nnc(SCC(=O)NCCOc3cccc(C)c3)o2)cc1. The summed E-state index contributed by atoms with van der Waals surface area (Å²) in [6, 6.07) is 15.1. The number of rotatable bonds is 9. The first-order valence-electron chi connectivity index (χ1n) is 8.71. The molecule has 1 heterocycles. The number of nitrogens with zero attached hydrogens (tertiary/aromatic N) is 2. The molecule has 0 aliphatic heterocycles. The molecule has 0 bridgehead atoms. The summed E-state index contributed by atoms with van der Waals surface area (Å²) in [6.45, 7) is 2.83. The molecule has 0 spiro atoms. The molecular weight excluding hydrogens is 378 g/mol. The fraction of sp³-hybridized carbons (Fsp3) is 0.250. The number of benzene rings is 2. The van der Waals surface area contributed by atoms with Crippen molar-refractivity contribution in [2.75, 3.05) is 26.0 Å². The van der Waals surface area contributed by atoms with Crippen molar-refractivity contribution in [2.24, 2.45) is 0 Å². The Morgan fingerprint density at radius 2 is 1.96 bits per heavy atom. The van der Waals surface area contributed by atoms with Gasteiger partial charge in [-0.2, -0.15) is 0 Å².